The van der Waals surface area contributed by atoms with Gasteiger partial charge in [0.15, 0.2) is 5.76 Å². The smallest absolute Gasteiger partial charge is 0.249 e. The van der Waals surface area contributed by atoms with E-state index in [2.05, 4.69) is 5.16 Å². The zero-order valence-electron chi connectivity index (χ0n) is 11.0. The Morgan fingerprint density at radius 3 is 2.22 bits per heavy atom. The van der Waals surface area contributed by atoms with E-state index in [1.54, 1.807) is 13.8 Å². The van der Waals surface area contributed by atoms with Crippen LogP contribution in [0.25, 0.3) is 0 Å². The van der Waals surface area contributed by atoms with E-state index in [4.69, 9.17) is 9.26 Å². The number of sulfonamides is 1. The molecule has 18 heavy (non-hydrogen) atoms. The van der Waals surface area contributed by atoms with E-state index in [1.807, 2.05) is 13.8 Å². The zero-order chi connectivity index (χ0) is 13.5. The molecular weight excluding hydrogens is 256 g/mol. The lowest BCUT2D eigenvalue weighted by Crippen LogP contribution is -2.52. The molecule has 0 N–H and O–H groups in total. The van der Waals surface area contributed by atoms with Gasteiger partial charge in [-0.3, -0.25) is 0 Å². The van der Waals surface area contributed by atoms with Gasteiger partial charge >= 0.3 is 0 Å². The Bertz CT molecular complexity index is 508. The molecule has 2 heterocycles. The molecule has 6 nitrogen and oxygen atoms in total. The molecule has 0 amide bonds. The van der Waals surface area contributed by atoms with Crippen molar-refractivity contribution in [3.8, 4) is 0 Å². The molecule has 1 aromatic heterocycles. The van der Waals surface area contributed by atoms with Crippen molar-refractivity contribution in [3.63, 3.8) is 0 Å². The fourth-order valence-electron chi connectivity index (χ4n) is 2.41. The summed E-state index contributed by atoms with van der Waals surface area (Å²) < 4.78 is 37.2. The van der Waals surface area contributed by atoms with Gasteiger partial charge in [-0.05, 0) is 27.7 Å². The SMILES string of the molecule is Cc1noc(C)c1S(=O)(=O)N1C(C)COCC1C. The molecule has 2 unspecified atom stereocenters. The van der Waals surface area contributed by atoms with Gasteiger partial charge < -0.3 is 9.26 Å². The summed E-state index contributed by atoms with van der Waals surface area (Å²) in [5.74, 6) is 0.332. The number of aromatic nitrogens is 1. The van der Waals surface area contributed by atoms with Crippen LogP contribution >= 0.6 is 0 Å². The van der Waals surface area contributed by atoms with Crippen LogP contribution in [0.1, 0.15) is 25.3 Å². The largest absolute Gasteiger partial charge is 0.378 e. The van der Waals surface area contributed by atoms with Crippen molar-refractivity contribution in [3.05, 3.63) is 11.5 Å². The maximum absolute atomic E-state index is 12.7. The maximum Gasteiger partial charge on any atom is 0.249 e. The van der Waals surface area contributed by atoms with Gasteiger partial charge in [-0.25, -0.2) is 8.42 Å². The fourth-order valence-corrected chi connectivity index (χ4v) is 4.50. The van der Waals surface area contributed by atoms with Gasteiger partial charge in [-0.2, -0.15) is 4.31 Å². The summed E-state index contributed by atoms with van der Waals surface area (Å²) in [4.78, 5) is 0.183. The summed E-state index contributed by atoms with van der Waals surface area (Å²) in [6.07, 6.45) is 0. The third kappa shape index (κ3) is 2.06. The second kappa shape index (κ2) is 4.64. The van der Waals surface area contributed by atoms with Crippen LogP contribution in [0.15, 0.2) is 9.42 Å². The first-order chi connectivity index (χ1) is 8.35. The van der Waals surface area contributed by atoms with E-state index in [9.17, 15) is 8.42 Å². The highest BCUT2D eigenvalue weighted by molar-refractivity contribution is 7.89. The van der Waals surface area contributed by atoms with Crippen molar-refractivity contribution >= 4 is 10.0 Å². The van der Waals surface area contributed by atoms with E-state index in [0.717, 1.165) is 0 Å². The number of hydrogen-bond donors (Lipinski definition) is 0. The number of morpholine rings is 1. The summed E-state index contributed by atoms with van der Waals surface area (Å²) >= 11 is 0. The van der Waals surface area contributed by atoms with E-state index < -0.39 is 10.0 Å². The Labute approximate surface area is 107 Å². The Balaban J connectivity index is 2.48. The predicted molar refractivity (Wildman–Crippen MR) is 64.7 cm³/mol. The van der Waals surface area contributed by atoms with Crippen molar-refractivity contribution in [2.24, 2.45) is 0 Å². The van der Waals surface area contributed by atoms with Gasteiger partial charge in [0.2, 0.25) is 10.0 Å². The van der Waals surface area contributed by atoms with E-state index in [1.165, 1.54) is 4.31 Å². The lowest BCUT2D eigenvalue weighted by Gasteiger charge is -2.37. The molecule has 0 spiro atoms. The van der Waals surface area contributed by atoms with Crippen molar-refractivity contribution in [1.82, 2.24) is 9.46 Å². The Kier molecular flexibility index (Phi) is 3.48. The van der Waals surface area contributed by atoms with Gasteiger partial charge in [0, 0.05) is 12.1 Å². The third-order valence-corrected chi connectivity index (χ3v) is 5.46. The Morgan fingerprint density at radius 1 is 1.22 bits per heavy atom. The summed E-state index contributed by atoms with van der Waals surface area (Å²) in [5.41, 5.74) is 0.401. The minimum absolute atomic E-state index is 0.183. The molecule has 0 aromatic carbocycles. The Hall–Kier alpha value is -0.920. The van der Waals surface area contributed by atoms with Crippen molar-refractivity contribution in [1.29, 1.82) is 0 Å². The monoisotopic (exact) mass is 274 g/mol. The van der Waals surface area contributed by atoms with Crippen LogP contribution in [0.4, 0.5) is 0 Å². The minimum atomic E-state index is -3.58. The molecule has 1 aromatic rings. The average Bonchev–Trinajstić information content (AvgIpc) is 2.58. The highest BCUT2D eigenvalue weighted by Gasteiger charge is 2.39. The van der Waals surface area contributed by atoms with Gasteiger partial charge in [0.25, 0.3) is 0 Å². The quantitative estimate of drug-likeness (QED) is 0.807. The first-order valence-corrected chi connectivity index (χ1v) is 7.34. The third-order valence-electron chi connectivity index (χ3n) is 3.09. The fraction of sp³-hybridized carbons (Fsp3) is 0.727. The molecule has 1 aliphatic heterocycles. The van der Waals surface area contributed by atoms with Crippen LogP contribution in [0.3, 0.4) is 0 Å². The first-order valence-electron chi connectivity index (χ1n) is 5.90. The van der Waals surface area contributed by atoms with Crippen LogP contribution < -0.4 is 0 Å². The molecule has 1 aliphatic rings. The molecule has 0 saturated carbocycles. The highest BCUT2D eigenvalue weighted by Crippen LogP contribution is 2.28. The highest BCUT2D eigenvalue weighted by atomic mass is 32.2. The molecule has 1 fully saturated rings. The molecule has 2 atom stereocenters. The first kappa shape index (κ1) is 13.5. The zero-order valence-corrected chi connectivity index (χ0v) is 11.8. The summed E-state index contributed by atoms with van der Waals surface area (Å²) in [7, 11) is -3.58. The molecule has 1 saturated heterocycles. The molecular formula is C11H18N2O4S. The number of ether oxygens (including phenoxy) is 1. The number of nitrogens with zero attached hydrogens (tertiary/aromatic N) is 2. The van der Waals surface area contributed by atoms with Crippen LogP contribution in [0, 0.1) is 13.8 Å². The molecule has 0 bridgehead atoms. The number of rotatable bonds is 2. The van der Waals surface area contributed by atoms with Crippen molar-refractivity contribution in [2.75, 3.05) is 13.2 Å². The topological polar surface area (TPSA) is 72.6 Å². The molecule has 0 aliphatic carbocycles. The van der Waals surface area contributed by atoms with E-state index >= 15 is 0 Å². The summed E-state index contributed by atoms with van der Waals surface area (Å²) in [6, 6.07) is -0.375. The predicted octanol–water partition coefficient (Wildman–Crippen LogP) is 1.09. The number of hydrogen-bond acceptors (Lipinski definition) is 5. The lowest BCUT2D eigenvalue weighted by atomic mass is 10.2. The van der Waals surface area contributed by atoms with Crippen LogP contribution in [-0.4, -0.2) is 43.2 Å². The van der Waals surface area contributed by atoms with Gasteiger partial charge in [-0.15, -0.1) is 0 Å². The van der Waals surface area contributed by atoms with Crippen LogP contribution in [0.2, 0.25) is 0 Å². The van der Waals surface area contributed by atoms with Crippen molar-refractivity contribution < 1.29 is 17.7 Å². The van der Waals surface area contributed by atoms with Gasteiger partial charge in [0.05, 0.1) is 13.2 Å². The Morgan fingerprint density at radius 2 is 1.78 bits per heavy atom. The normalized spacial score (nSPS) is 26.4. The van der Waals surface area contributed by atoms with Crippen LogP contribution in [0.5, 0.6) is 0 Å². The summed E-state index contributed by atoms with van der Waals surface area (Å²) in [6.45, 7) is 7.75. The van der Waals surface area contributed by atoms with Crippen LogP contribution in [-0.2, 0) is 14.8 Å². The van der Waals surface area contributed by atoms with E-state index in [0.29, 0.717) is 24.7 Å². The summed E-state index contributed by atoms with van der Waals surface area (Å²) in [5, 5.41) is 3.72. The minimum Gasteiger partial charge on any atom is -0.378 e. The van der Waals surface area contributed by atoms with Crippen molar-refractivity contribution in [2.45, 2.75) is 44.7 Å². The van der Waals surface area contributed by atoms with E-state index in [-0.39, 0.29) is 17.0 Å². The van der Waals surface area contributed by atoms with Gasteiger partial charge in [-0.1, -0.05) is 5.16 Å². The molecule has 0 radical (unpaired) electrons. The lowest BCUT2D eigenvalue weighted by molar-refractivity contribution is 0.00631. The number of aryl methyl sites for hydroxylation is 2. The molecule has 2 rings (SSSR count). The standard InChI is InChI=1S/C11H18N2O4S/c1-7-5-16-6-8(2)13(7)18(14,15)11-9(3)12-17-10(11)4/h7-8H,5-6H2,1-4H3. The average molecular weight is 274 g/mol. The maximum atomic E-state index is 12.7. The molecule has 102 valence electrons. The second-order valence-electron chi connectivity index (χ2n) is 4.72. The molecule has 7 heteroatoms. The van der Waals surface area contributed by atoms with Gasteiger partial charge in [0.1, 0.15) is 10.6 Å². The second-order valence-corrected chi connectivity index (χ2v) is 6.50.